The summed E-state index contributed by atoms with van der Waals surface area (Å²) in [6.45, 7) is 3.75. The van der Waals surface area contributed by atoms with Crippen LogP contribution in [0.15, 0.2) is 42.7 Å². The smallest absolute Gasteiger partial charge is 0.416 e. The number of rotatable bonds is 4. The van der Waals surface area contributed by atoms with E-state index in [9.17, 15) is 18.3 Å². The number of imidazole rings is 1. The molecule has 4 nitrogen and oxygen atoms in total. The maximum Gasteiger partial charge on any atom is 0.416 e. The zero-order valence-electron chi connectivity index (χ0n) is 14.6. The number of aliphatic hydroxyl groups is 1. The monoisotopic (exact) mass is 364 g/mol. The molecule has 0 aliphatic carbocycles. The van der Waals surface area contributed by atoms with Crippen LogP contribution in [0, 0.1) is 0 Å². The Kier molecular flexibility index (Phi) is 4.44. The molecular weight excluding hydrogens is 345 g/mol. The van der Waals surface area contributed by atoms with Gasteiger partial charge in [0.15, 0.2) is 0 Å². The van der Waals surface area contributed by atoms with Crippen LogP contribution in [-0.4, -0.2) is 27.4 Å². The summed E-state index contributed by atoms with van der Waals surface area (Å²) in [5.74, 6) is 0.141. The van der Waals surface area contributed by atoms with E-state index in [1.54, 1.807) is 44.4 Å². The summed E-state index contributed by atoms with van der Waals surface area (Å²) in [6, 6.07) is 8.88. The Hall–Kier alpha value is -2.54. The van der Waals surface area contributed by atoms with E-state index in [4.69, 9.17) is 4.74 Å². The van der Waals surface area contributed by atoms with Crippen molar-refractivity contribution >= 4 is 11.0 Å². The van der Waals surface area contributed by atoms with E-state index in [1.807, 2.05) is 4.57 Å². The van der Waals surface area contributed by atoms with Gasteiger partial charge in [-0.3, -0.25) is 0 Å². The number of fused-ring (bicyclic) bond motifs is 1. The SMILES string of the molecule is COc1cc(-c2ccc3c(c2)ncn3CC(C)(C)O)cc(C(F)(F)F)c1. The highest BCUT2D eigenvalue weighted by Gasteiger charge is 2.31. The summed E-state index contributed by atoms with van der Waals surface area (Å²) in [5.41, 5.74) is 0.782. The van der Waals surface area contributed by atoms with Crippen molar-refractivity contribution in [2.75, 3.05) is 7.11 Å². The molecule has 0 amide bonds. The lowest BCUT2D eigenvalue weighted by Gasteiger charge is -2.18. The molecule has 0 aliphatic rings. The molecule has 2 aromatic carbocycles. The van der Waals surface area contributed by atoms with Gasteiger partial charge in [0.25, 0.3) is 0 Å². The van der Waals surface area contributed by atoms with E-state index in [2.05, 4.69) is 4.98 Å². The summed E-state index contributed by atoms with van der Waals surface area (Å²) in [5, 5.41) is 9.98. The number of methoxy groups -OCH3 is 1. The molecule has 1 aromatic heterocycles. The Balaban J connectivity index is 2.06. The zero-order valence-corrected chi connectivity index (χ0v) is 14.6. The fraction of sp³-hybridized carbons (Fsp3) is 0.316. The van der Waals surface area contributed by atoms with Crippen molar-refractivity contribution in [2.45, 2.75) is 32.2 Å². The number of halogens is 3. The number of ether oxygens (including phenoxy) is 1. The van der Waals surface area contributed by atoms with Crippen molar-refractivity contribution in [3.8, 4) is 16.9 Å². The van der Waals surface area contributed by atoms with Crippen molar-refractivity contribution in [3.05, 3.63) is 48.3 Å². The molecule has 0 spiro atoms. The fourth-order valence-corrected chi connectivity index (χ4v) is 2.83. The normalized spacial score (nSPS) is 12.6. The minimum Gasteiger partial charge on any atom is -0.497 e. The van der Waals surface area contributed by atoms with Crippen LogP contribution >= 0.6 is 0 Å². The predicted octanol–water partition coefficient (Wildman–Crippen LogP) is 4.50. The first-order valence-corrected chi connectivity index (χ1v) is 8.01. The Bertz CT molecular complexity index is 940. The summed E-state index contributed by atoms with van der Waals surface area (Å²) < 4.78 is 46.2. The van der Waals surface area contributed by atoms with Gasteiger partial charge in [-0.25, -0.2) is 4.98 Å². The lowest BCUT2D eigenvalue weighted by molar-refractivity contribution is -0.137. The highest BCUT2D eigenvalue weighted by atomic mass is 19.4. The van der Waals surface area contributed by atoms with Gasteiger partial charge in [0, 0.05) is 0 Å². The molecule has 7 heteroatoms. The Morgan fingerprint density at radius 3 is 2.42 bits per heavy atom. The van der Waals surface area contributed by atoms with E-state index in [0.29, 0.717) is 23.2 Å². The largest absolute Gasteiger partial charge is 0.497 e. The molecule has 3 rings (SSSR count). The molecule has 0 unspecified atom stereocenters. The van der Waals surface area contributed by atoms with Gasteiger partial charge < -0.3 is 14.4 Å². The first-order valence-electron chi connectivity index (χ1n) is 8.01. The molecule has 0 fully saturated rings. The van der Waals surface area contributed by atoms with Crippen LogP contribution in [0.25, 0.3) is 22.2 Å². The Labute approximate surface area is 148 Å². The van der Waals surface area contributed by atoms with Gasteiger partial charge in [-0.2, -0.15) is 13.2 Å². The summed E-state index contributed by atoms with van der Waals surface area (Å²) in [6.07, 6.45) is -2.85. The fourth-order valence-electron chi connectivity index (χ4n) is 2.83. The topological polar surface area (TPSA) is 47.3 Å². The third-order valence-corrected chi connectivity index (χ3v) is 3.98. The van der Waals surface area contributed by atoms with Crippen molar-refractivity contribution in [3.63, 3.8) is 0 Å². The maximum absolute atomic E-state index is 13.1. The molecular formula is C19H19F3N2O2. The summed E-state index contributed by atoms with van der Waals surface area (Å²) >= 11 is 0. The van der Waals surface area contributed by atoms with Crippen LogP contribution in [0.4, 0.5) is 13.2 Å². The van der Waals surface area contributed by atoms with Gasteiger partial charge >= 0.3 is 6.18 Å². The molecule has 138 valence electrons. The number of hydrogen-bond acceptors (Lipinski definition) is 3. The molecule has 0 atom stereocenters. The third-order valence-electron chi connectivity index (χ3n) is 3.98. The molecule has 1 N–H and O–H groups in total. The molecule has 1 heterocycles. The number of alkyl halides is 3. The van der Waals surface area contributed by atoms with Gasteiger partial charge in [-0.1, -0.05) is 6.07 Å². The molecule has 0 bridgehead atoms. The predicted molar refractivity (Wildman–Crippen MR) is 93.0 cm³/mol. The van der Waals surface area contributed by atoms with Gasteiger partial charge in [0.2, 0.25) is 0 Å². The molecule has 0 saturated heterocycles. The molecule has 3 aromatic rings. The van der Waals surface area contributed by atoms with E-state index in [0.717, 1.165) is 17.6 Å². The lowest BCUT2D eigenvalue weighted by Crippen LogP contribution is -2.25. The minimum absolute atomic E-state index is 0.141. The molecule has 0 aliphatic heterocycles. The maximum atomic E-state index is 13.1. The van der Waals surface area contributed by atoms with Crippen LogP contribution in [0.5, 0.6) is 5.75 Å². The molecule has 0 radical (unpaired) electrons. The summed E-state index contributed by atoms with van der Waals surface area (Å²) in [7, 11) is 1.33. The first-order chi connectivity index (χ1) is 12.1. The van der Waals surface area contributed by atoms with Crippen molar-refractivity contribution in [1.29, 1.82) is 0 Å². The molecule has 0 saturated carbocycles. The van der Waals surface area contributed by atoms with E-state index in [1.165, 1.54) is 7.11 Å². The highest BCUT2D eigenvalue weighted by molar-refractivity contribution is 5.82. The average Bonchev–Trinajstić information content (AvgIpc) is 2.94. The van der Waals surface area contributed by atoms with Crippen molar-refractivity contribution < 1.29 is 23.0 Å². The van der Waals surface area contributed by atoms with Crippen molar-refractivity contribution in [1.82, 2.24) is 9.55 Å². The van der Waals surface area contributed by atoms with Crippen LogP contribution < -0.4 is 4.74 Å². The molecule has 26 heavy (non-hydrogen) atoms. The second kappa shape index (κ2) is 6.32. The second-order valence-electron chi connectivity index (χ2n) is 6.84. The van der Waals surface area contributed by atoms with E-state index in [-0.39, 0.29) is 5.75 Å². The van der Waals surface area contributed by atoms with Gasteiger partial charge in [-0.05, 0) is 55.3 Å². The minimum atomic E-state index is -4.46. The number of aromatic nitrogens is 2. The second-order valence-corrected chi connectivity index (χ2v) is 6.84. The van der Waals surface area contributed by atoms with Gasteiger partial charge in [-0.15, -0.1) is 0 Å². The van der Waals surface area contributed by atoms with Crippen LogP contribution in [0.1, 0.15) is 19.4 Å². The third kappa shape index (κ3) is 3.83. The van der Waals surface area contributed by atoms with Gasteiger partial charge in [0.1, 0.15) is 5.75 Å². The lowest BCUT2D eigenvalue weighted by atomic mass is 10.0. The van der Waals surface area contributed by atoms with Crippen LogP contribution in [-0.2, 0) is 12.7 Å². The van der Waals surface area contributed by atoms with E-state index < -0.39 is 17.3 Å². The van der Waals surface area contributed by atoms with Crippen LogP contribution in [0.2, 0.25) is 0 Å². The van der Waals surface area contributed by atoms with Crippen LogP contribution in [0.3, 0.4) is 0 Å². The quantitative estimate of drug-likeness (QED) is 0.741. The number of hydrogen-bond donors (Lipinski definition) is 1. The first kappa shape index (κ1) is 18.3. The zero-order chi connectivity index (χ0) is 19.1. The number of benzene rings is 2. The summed E-state index contributed by atoms with van der Waals surface area (Å²) in [4.78, 5) is 4.30. The standard InChI is InChI=1S/C19H19F3N2O2/c1-18(2,25)10-24-11-23-16-8-12(4-5-17(16)24)13-6-14(19(20,21)22)9-15(7-13)26-3/h4-9,11,25H,10H2,1-3H3. The van der Waals surface area contributed by atoms with Crippen molar-refractivity contribution in [2.24, 2.45) is 0 Å². The Morgan fingerprint density at radius 1 is 1.08 bits per heavy atom. The number of nitrogens with zero attached hydrogens (tertiary/aromatic N) is 2. The average molecular weight is 364 g/mol. The Morgan fingerprint density at radius 2 is 1.81 bits per heavy atom. The highest BCUT2D eigenvalue weighted by Crippen LogP contribution is 2.36. The van der Waals surface area contributed by atoms with E-state index >= 15 is 0 Å². The van der Waals surface area contributed by atoms with Gasteiger partial charge in [0.05, 0.1) is 42.2 Å².